The smallest absolute Gasteiger partial charge is 0.267 e. The van der Waals surface area contributed by atoms with Crippen molar-refractivity contribution < 1.29 is 27.9 Å². The molecule has 0 aliphatic heterocycles. The first kappa shape index (κ1) is 39.0. The van der Waals surface area contributed by atoms with Crippen molar-refractivity contribution >= 4 is 22.5 Å². The van der Waals surface area contributed by atoms with Crippen LogP contribution in [0.4, 0.5) is 4.39 Å². The number of benzene rings is 1. The molecule has 0 spiro atoms. The lowest BCUT2D eigenvalue weighted by Crippen LogP contribution is -2.50. The highest BCUT2D eigenvalue weighted by atomic mass is 28.4. The second-order valence-corrected chi connectivity index (χ2v) is 25.3. The fourth-order valence-corrected chi connectivity index (χ4v) is 18.2. The van der Waals surface area contributed by atoms with Gasteiger partial charge < -0.3 is 29.0 Å². The number of aliphatic hydroxyl groups excluding tert-OH is 1. The van der Waals surface area contributed by atoms with Crippen molar-refractivity contribution in [1.29, 1.82) is 0 Å². The number of H-pyrrole nitrogens is 1. The molecule has 0 radical (unpaired) electrons. The Balaban J connectivity index is 2.28. The van der Waals surface area contributed by atoms with Gasteiger partial charge in [0.1, 0.15) is 30.0 Å². The lowest BCUT2D eigenvalue weighted by Gasteiger charge is -2.42. The first-order chi connectivity index (χ1) is 20.9. The number of amides is 1. The molecule has 0 saturated heterocycles. The lowest BCUT2D eigenvalue weighted by atomic mass is 10.1. The zero-order valence-corrected chi connectivity index (χ0v) is 32.1. The van der Waals surface area contributed by atoms with Crippen LogP contribution in [0.1, 0.15) is 100 Å². The van der Waals surface area contributed by atoms with Crippen molar-refractivity contribution in [3.63, 3.8) is 0 Å². The fraction of sp³-hybridized carbons (Fsp3) is 0.686. The summed E-state index contributed by atoms with van der Waals surface area (Å²) < 4.78 is 32.7. The molecular weight excluding hydrogens is 604 g/mol. The van der Waals surface area contributed by atoms with Gasteiger partial charge in [-0.25, -0.2) is 4.39 Å². The number of halogens is 1. The van der Waals surface area contributed by atoms with Gasteiger partial charge in [0.2, 0.25) is 0 Å². The van der Waals surface area contributed by atoms with Crippen LogP contribution in [0.5, 0.6) is 11.5 Å². The minimum Gasteiger partial charge on any atom is -0.543 e. The fourth-order valence-electron chi connectivity index (χ4n) is 7.48. The first-order valence-corrected chi connectivity index (χ1v) is 21.1. The highest BCUT2D eigenvalue weighted by Gasteiger charge is 2.47. The Labute approximate surface area is 274 Å². The summed E-state index contributed by atoms with van der Waals surface area (Å²) in [6, 6.07) is 9.20. The van der Waals surface area contributed by atoms with Gasteiger partial charge >= 0.3 is 0 Å². The summed E-state index contributed by atoms with van der Waals surface area (Å²) in [6.07, 6.45) is -1.42. The van der Waals surface area contributed by atoms with Gasteiger partial charge in [-0.05, 0) is 64.4 Å². The molecule has 0 unspecified atom stereocenters. The second kappa shape index (κ2) is 16.6. The average molecular weight is 665 g/mol. The number of aromatic nitrogens is 1. The first-order valence-electron chi connectivity index (χ1n) is 16.8. The Bertz CT molecular complexity index is 1170. The summed E-state index contributed by atoms with van der Waals surface area (Å²) in [4.78, 5) is 16.3. The summed E-state index contributed by atoms with van der Waals surface area (Å²) in [5.41, 5.74) is 4.20. The van der Waals surface area contributed by atoms with Crippen molar-refractivity contribution in [3.05, 3.63) is 36.0 Å². The molecule has 256 valence electrons. The van der Waals surface area contributed by atoms with Crippen LogP contribution >= 0.6 is 0 Å². The van der Waals surface area contributed by atoms with E-state index in [1.54, 1.807) is 13.0 Å². The van der Waals surface area contributed by atoms with Gasteiger partial charge in [0.25, 0.3) is 14.2 Å². The molecule has 2 aromatic rings. The maximum absolute atomic E-state index is 13.4. The normalized spacial score (nSPS) is 14.2. The number of nitrogens with one attached hydrogen (secondary N) is 2. The Morgan fingerprint density at radius 3 is 1.80 bits per heavy atom. The highest BCUT2D eigenvalue weighted by molar-refractivity contribution is 6.78. The minimum absolute atomic E-state index is 0.0840. The predicted octanol–water partition coefficient (Wildman–Crippen LogP) is 9.26. The van der Waals surface area contributed by atoms with E-state index >= 15 is 0 Å². The third-order valence-electron chi connectivity index (χ3n) is 9.41. The van der Waals surface area contributed by atoms with E-state index in [0.29, 0.717) is 56.1 Å². The number of alkyl halides is 1. The molecule has 0 bridgehead atoms. The van der Waals surface area contributed by atoms with E-state index in [0.717, 1.165) is 5.56 Å². The van der Waals surface area contributed by atoms with Crippen LogP contribution in [-0.4, -0.2) is 64.7 Å². The van der Waals surface area contributed by atoms with E-state index in [4.69, 9.17) is 13.6 Å². The van der Waals surface area contributed by atoms with E-state index < -0.39 is 35.5 Å². The number of ether oxygens (including phenoxy) is 1. The Hall–Kier alpha value is -2.15. The van der Waals surface area contributed by atoms with Crippen LogP contribution in [0.3, 0.4) is 0 Å². The maximum Gasteiger partial charge on any atom is 0.267 e. The van der Waals surface area contributed by atoms with Crippen LogP contribution in [0.25, 0.3) is 11.3 Å². The number of rotatable bonds is 18. The largest absolute Gasteiger partial charge is 0.543 e. The Kier molecular flexibility index (Phi) is 14.4. The molecule has 2 rings (SSSR count). The molecule has 1 aromatic carbocycles. The molecule has 0 saturated carbocycles. The number of aromatic amines is 1. The number of hydrogen-bond donors (Lipinski definition) is 3. The van der Waals surface area contributed by atoms with Crippen LogP contribution in [0.15, 0.2) is 30.3 Å². The molecule has 3 N–H and O–H groups in total. The van der Waals surface area contributed by atoms with Crippen molar-refractivity contribution in [2.75, 3.05) is 19.8 Å². The molecule has 45 heavy (non-hydrogen) atoms. The Morgan fingerprint density at radius 1 is 0.800 bits per heavy atom. The molecule has 1 amide bonds. The monoisotopic (exact) mass is 664 g/mol. The third kappa shape index (κ3) is 9.23. The minimum atomic E-state index is -2.27. The number of hydrogen-bond acceptors (Lipinski definition) is 5. The molecule has 1 aromatic heterocycles. The van der Waals surface area contributed by atoms with Gasteiger partial charge in [0, 0.05) is 23.9 Å². The Morgan fingerprint density at radius 2 is 1.31 bits per heavy atom. The van der Waals surface area contributed by atoms with Gasteiger partial charge in [0.05, 0.1) is 12.7 Å². The van der Waals surface area contributed by atoms with Gasteiger partial charge in [-0.1, -0.05) is 83.1 Å². The number of carbonyl (C=O) groups is 1. The lowest BCUT2D eigenvalue weighted by molar-refractivity contribution is 0.0809. The molecule has 2 atom stereocenters. The summed E-state index contributed by atoms with van der Waals surface area (Å²) in [5, 5.41) is 13.6. The molecular formula is C35H61FN2O5Si2. The van der Waals surface area contributed by atoms with Gasteiger partial charge in [-0.3, -0.25) is 4.79 Å². The van der Waals surface area contributed by atoms with Crippen LogP contribution in [0, 0.1) is 0 Å². The van der Waals surface area contributed by atoms with Crippen molar-refractivity contribution in [1.82, 2.24) is 10.3 Å². The van der Waals surface area contributed by atoms with E-state index in [1.807, 2.05) is 24.3 Å². The number of aliphatic hydroxyl groups is 1. The summed E-state index contributed by atoms with van der Waals surface area (Å²) in [6.45, 7) is 28.0. The zero-order chi connectivity index (χ0) is 34.3. The molecule has 1 heterocycles. The molecule has 10 heteroatoms. The van der Waals surface area contributed by atoms with E-state index in [9.17, 15) is 14.3 Å². The standard InChI is InChI=1S/C35H61FN2O5Si2/c1-22(2)44(23(3)4,24(5)6)41-21-30(39)20-37-35(40)34-15-14-33(38-34)29-16-31(42-28(13)19-36)18-32(17-29)43-45(25(7)8,26(9)10)27(11)12/h14-18,22-28,30,38-39H,19-21H2,1-13H3,(H,37,40)/t28-,30-/m0/s1. The number of carbonyl (C=O) groups excluding carboxylic acids is 1. The predicted molar refractivity (Wildman–Crippen MR) is 189 cm³/mol. The van der Waals surface area contributed by atoms with E-state index in [-0.39, 0.29) is 19.1 Å². The maximum atomic E-state index is 13.4. The van der Waals surface area contributed by atoms with Gasteiger partial charge in [-0.2, -0.15) is 0 Å². The topological polar surface area (TPSA) is 92.8 Å². The molecule has 0 aliphatic carbocycles. The van der Waals surface area contributed by atoms with Crippen LogP contribution < -0.4 is 14.5 Å². The molecule has 7 nitrogen and oxygen atoms in total. The van der Waals surface area contributed by atoms with Gasteiger partial charge in [0.15, 0.2) is 8.32 Å². The molecule has 0 aliphatic rings. The SMILES string of the molecule is CC(C)[Si](OC[C@@H](O)CNC(=O)c1ccc(-c2cc(O[C@@H](C)CF)cc(O[Si](C(C)C)(C(C)C)C(C)C)c2)[nH]1)(C(C)C)C(C)C. The summed E-state index contributed by atoms with van der Waals surface area (Å²) in [5.74, 6) is 0.879. The summed E-state index contributed by atoms with van der Waals surface area (Å²) in [7, 11) is -4.39. The second-order valence-electron chi connectivity index (χ2n) is 14.5. The highest BCUT2D eigenvalue weighted by Crippen LogP contribution is 2.44. The van der Waals surface area contributed by atoms with Crippen molar-refractivity contribution in [2.45, 2.75) is 135 Å². The zero-order valence-electron chi connectivity index (χ0n) is 30.1. The van der Waals surface area contributed by atoms with Crippen LogP contribution in [0.2, 0.25) is 33.2 Å². The third-order valence-corrected chi connectivity index (χ3v) is 21.5. The van der Waals surface area contributed by atoms with E-state index in [1.165, 1.54) is 0 Å². The quantitative estimate of drug-likeness (QED) is 0.138. The molecule has 0 fully saturated rings. The van der Waals surface area contributed by atoms with Crippen LogP contribution in [-0.2, 0) is 4.43 Å². The van der Waals surface area contributed by atoms with Crippen molar-refractivity contribution in [2.24, 2.45) is 0 Å². The van der Waals surface area contributed by atoms with Crippen molar-refractivity contribution in [3.8, 4) is 22.8 Å². The average Bonchev–Trinajstić information content (AvgIpc) is 3.44. The van der Waals surface area contributed by atoms with Gasteiger partial charge in [-0.15, -0.1) is 0 Å². The summed E-state index contributed by atoms with van der Waals surface area (Å²) >= 11 is 0. The van der Waals surface area contributed by atoms with E-state index in [2.05, 4.69) is 93.4 Å².